The number of hydrogen-bond acceptors (Lipinski definition) is 5. The summed E-state index contributed by atoms with van der Waals surface area (Å²) in [4.78, 5) is 29.3. The molecule has 1 heterocycles. The van der Waals surface area contributed by atoms with Crippen molar-refractivity contribution < 1.29 is 14.3 Å². The molecule has 0 unspecified atom stereocenters. The lowest BCUT2D eigenvalue weighted by atomic mass is 10.0. The third-order valence-electron chi connectivity index (χ3n) is 5.93. The van der Waals surface area contributed by atoms with Gasteiger partial charge in [-0.05, 0) is 64.0 Å². The molecule has 5 rings (SSSR count). The van der Waals surface area contributed by atoms with Gasteiger partial charge < -0.3 is 9.72 Å². The number of carbonyl (C=O) groups excluding carboxylic acids is 2. The zero-order valence-corrected chi connectivity index (χ0v) is 25.2. The van der Waals surface area contributed by atoms with E-state index in [1.807, 2.05) is 36.4 Å². The van der Waals surface area contributed by atoms with Crippen molar-refractivity contribution in [1.82, 2.24) is 10.4 Å². The van der Waals surface area contributed by atoms with Gasteiger partial charge in [-0.25, -0.2) is 10.2 Å². The molecule has 0 radical (unpaired) electrons. The number of para-hydroxylation sites is 1. The highest BCUT2D eigenvalue weighted by Gasteiger charge is 2.21. The molecule has 0 aliphatic carbocycles. The normalized spacial score (nSPS) is 10.9. The third-order valence-corrected chi connectivity index (χ3v) is 7.50. The molecule has 196 valence electrons. The fourth-order valence-electron chi connectivity index (χ4n) is 4.12. The highest BCUT2D eigenvalue weighted by atomic mass is 79.9. The summed E-state index contributed by atoms with van der Waals surface area (Å²) < 4.78 is 7.75. The SMILES string of the molecule is N#Cc1cccc2c(-c3ccccc3)c(C(=O)NN=Cc3cc(Br)cc(Br)c3OC(=O)c3ccc(Br)cc3)[nH]c12. The number of aromatic amines is 1. The molecule has 0 bridgehead atoms. The Bertz CT molecular complexity index is 1830. The smallest absolute Gasteiger partial charge is 0.343 e. The van der Waals surface area contributed by atoms with Crippen LogP contribution in [0.3, 0.4) is 0 Å². The van der Waals surface area contributed by atoms with Gasteiger partial charge in [0.2, 0.25) is 0 Å². The van der Waals surface area contributed by atoms with Gasteiger partial charge in [0, 0.05) is 25.5 Å². The van der Waals surface area contributed by atoms with Crippen LogP contribution in [0.25, 0.3) is 22.0 Å². The molecule has 1 amide bonds. The maximum atomic E-state index is 13.4. The molecule has 0 fully saturated rings. The van der Waals surface area contributed by atoms with Crippen LogP contribution < -0.4 is 10.2 Å². The number of amides is 1. The van der Waals surface area contributed by atoms with Crippen molar-refractivity contribution in [3.8, 4) is 22.9 Å². The maximum Gasteiger partial charge on any atom is 0.343 e. The van der Waals surface area contributed by atoms with Gasteiger partial charge in [-0.1, -0.05) is 74.3 Å². The number of nitrogens with one attached hydrogen (secondary N) is 2. The van der Waals surface area contributed by atoms with Gasteiger partial charge >= 0.3 is 5.97 Å². The Balaban J connectivity index is 1.46. The average Bonchev–Trinajstić information content (AvgIpc) is 3.35. The molecule has 5 aromatic rings. The number of nitrogens with zero attached hydrogens (tertiary/aromatic N) is 2. The predicted molar refractivity (Wildman–Crippen MR) is 164 cm³/mol. The standard InChI is InChI=1S/C30H17Br3N4O3/c31-21-11-9-18(10-12-21)30(39)40-28-20(13-22(32)14-24(28)33)16-35-37-29(38)27-25(17-5-2-1-3-6-17)23-8-4-7-19(15-34)26(23)36-27/h1-14,16,36H,(H,37,38). The van der Waals surface area contributed by atoms with E-state index in [-0.39, 0.29) is 11.4 Å². The molecule has 0 spiro atoms. The van der Waals surface area contributed by atoms with E-state index >= 15 is 0 Å². The minimum absolute atomic E-state index is 0.239. The second kappa shape index (κ2) is 12.0. The number of halogens is 3. The molecule has 10 heteroatoms. The number of hydrogen-bond donors (Lipinski definition) is 2. The number of fused-ring (bicyclic) bond motifs is 1. The van der Waals surface area contributed by atoms with Gasteiger partial charge in [-0.3, -0.25) is 4.79 Å². The lowest BCUT2D eigenvalue weighted by Gasteiger charge is -2.11. The number of benzene rings is 4. The Morgan fingerprint density at radius 3 is 2.40 bits per heavy atom. The monoisotopic (exact) mass is 718 g/mol. The Morgan fingerprint density at radius 1 is 0.925 bits per heavy atom. The number of nitriles is 1. The van der Waals surface area contributed by atoms with Crippen molar-refractivity contribution >= 4 is 76.8 Å². The summed E-state index contributed by atoms with van der Waals surface area (Å²) in [6, 6.07) is 27.2. The minimum atomic E-state index is -0.548. The van der Waals surface area contributed by atoms with Gasteiger partial charge in [-0.2, -0.15) is 10.4 Å². The van der Waals surface area contributed by atoms with Crippen molar-refractivity contribution in [2.75, 3.05) is 0 Å². The maximum absolute atomic E-state index is 13.4. The van der Waals surface area contributed by atoms with Crippen LogP contribution in [0.15, 0.2) is 103 Å². The number of rotatable bonds is 6. The summed E-state index contributed by atoms with van der Waals surface area (Å²) in [6.45, 7) is 0. The van der Waals surface area contributed by atoms with E-state index in [9.17, 15) is 14.9 Å². The summed E-state index contributed by atoms with van der Waals surface area (Å²) in [5.41, 5.74) is 6.10. The first-order valence-electron chi connectivity index (χ1n) is 11.8. The van der Waals surface area contributed by atoms with E-state index in [2.05, 4.69) is 69.4 Å². The summed E-state index contributed by atoms with van der Waals surface area (Å²) >= 11 is 10.2. The predicted octanol–water partition coefficient (Wildman–Crippen LogP) is 7.98. The number of ether oxygens (including phenoxy) is 1. The first-order valence-corrected chi connectivity index (χ1v) is 14.1. The van der Waals surface area contributed by atoms with Gasteiger partial charge in [-0.15, -0.1) is 0 Å². The third kappa shape index (κ3) is 5.77. The molecule has 7 nitrogen and oxygen atoms in total. The largest absolute Gasteiger partial charge is 0.421 e. The molecular weight excluding hydrogens is 704 g/mol. The van der Waals surface area contributed by atoms with Crippen molar-refractivity contribution in [3.63, 3.8) is 0 Å². The Labute approximate surface area is 254 Å². The van der Waals surface area contributed by atoms with Crippen LogP contribution in [0, 0.1) is 11.3 Å². The molecule has 4 aromatic carbocycles. The summed E-state index contributed by atoms with van der Waals surface area (Å²) in [7, 11) is 0. The molecule has 0 saturated carbocycles. The average molecular weight is 721 g/mol. The quantitative estimate of drug-likeness (QED) is 0.0803. The highest BCUT2D eigenvalue weighted by molar-refractivity contribution is 9.11. The zero-order valence-electron chi connectivity index (χ0n) is 20.4. The fraction of sp³-hybridized carbons (Fsp3) is 0. The Hall–Kier alpha value is -4.04. The molecular formula is C30H17Br3N4O3. The van der Waals surface area contributed by atoms with Crippen molar-refractivity contribution in [2.45, 2.75) is 0 Å². The molecule has 2 N–H and O–H groups in total. The Morgan fingerprint density at radius 2 is 1.68 bits per heavy atom. The first-order chi connectivity index (χ1) is 19.4. The first kappa shape index (κ1) is 27.5. The van der Waals surface area contributed by atoms with Crippen LogP contribution >= 0.6 is 47.8 Å². The van der Waals surface area contributed by atoms with Crippen LogP contribution in [0.2, 0.25) is 0 Å². The number of hydrazone groups is 1. The van der Waals surface area contributed by atoms with E-state index in [4.69, 9.17) is 4.74 Å². The van der Waals surface area contributed by atoms with Crippen LogP contribution in [0.5, 0.6) is 5.75 Å². The van der Waals surface area contributed by atoms with Crippen LogP contribution in [0.1, 0.15) is 32.0 Å². The van der Waals surface area contributed by atoms with E-state index in [0.29, 0.717) is 36.7 Å². The van der Waals surface area contributed by atoms with Crippen molar-refractivity contribution in [1.29, 1.82) is 5.26 Å². The minimum Gasteiger partial charge on any atom is -0.421 e. The highest BCUT2D eigenvalue weighted by Crippen LogP contribution is 2.35. The van der Waals surface area contributed by atoms with Crippen LogP contribution in [-0.4, -0.2) is 23.1 Å². The van der Waals surface area contributed by atoms with Gasteiger partial charge in [0.05, 0.1) is 27.3 Å². The number of carbonyl (C=O) groups is 2. The second-order valence-corrected chi connectivity index (χ2v) is 11.2. The van der Waals surface area contributed by atoms with E-state index < -0.39 is 11.9 Å². The van der Waals surface area contributed by atoms with E-state index in [0.717, 1.165) is 15.4 Å². The molecule has 0 aliphatic rings. The van der Waals surface area contributed by atoms with Crippen LogP contribution in [-0.2, 0) is 0 Å². The molecule has 0 saturated heterocycles. The molecule has 40 heavy (non-hydrogen) atoms. The van der Waals surface area contributed by atoms with Crippen molar-refractivity contribution in [2.24, 2.45) is 5.10 Å². The fourth-order valence-corrected chi connectivity index (χ4v) is 5.73. The molecule has 0 aliphatic heterocycles. The topological polar surface area (TPSA) is 107 Å². The van der Waals surface area contributed by atoms with Gasteiger partial charge in [0.1, 0.15) is 11.8 Å². The second-order valence-electron chi connectivity index (χ2n) is 8.48. The number of H-pyrrole nitrogens is 1. The van der Waals surface area contributed by atoms with Gasteiger partial charge in [0.25, 0.3) is 5.91 Å². The van der Waals surface area contributed by atoms with Crippen LogP contribution in [0.4, 0.5) is 0 Å². The lowest BCUT2D eigenvalue weighted by Crippen LogP contribution is -2.19. The number of esters is 1. The van der Waals surface area contributed by atoms with Gasteiger partial charge in [0.15, 0.2) is 5.75 Å². The summed E-state index contributed by atoms with van der Waals surface area (Å²) in [6.07, 6.45) is 1.39. The van der Waals surface area contributed by atoms with E-state index in [1.54, 1.807) is 48.5 Å². The molecule has 1 aromatic heterocycles. The Kier molecular flexibility index (Phi) is 8.26. The zero-order chi connectivity index (χ0) is 28.2. The molecule has 0 atom stereocenters. The summed E-state index contributed by atoms with van der Waals surface area (Å²) in [5.74, 6) is -0.811. The summed E-state index contributed by atoms with van der Waals surface area (Å²) in [5, 5.41) is 14.5. The lowest BCUT2D eigenvalue weighted by molar-refractivity contribution is 0.0733. The van der Waals surface area contributed by atoms with Crippen molar-refractivity contribution in [3.05, 3.63) is 121 Å². The van der Waals surface area contributed by atoms with E-state index in [1.165, 1.54) is 6.21 Å². The number of aromatic nitrogens is 1.